The predicted octanol–water partition coefficient (Wildman–Crippen LogP) is 3.29. The van der Waals surface area contributed by atoms with Crippen LogP contribution in [0.4, 0.5) is 0 Å². The molecule has 0 spiro atoms. The van der Waals surface area contributed by atoms with Gasteiger partial charge < -0.3 is 0 Å². The highest BCUT2D eigenvalue weighted by Crippen LogP contribution is 2.12. The molecule has 0 bridgehead atoms. The smallest absolute Gasteiger partial charge is 0.269 e. The fourth-order valence-corrected chi connectivity index (χ4v) is 2.76. The van der Waals surface area contributed by atoms with E-state index in [1.165, 1.54) is 4.88 Å². The molecule has 0 atom stereocenters. The number of carbonyl (C=O) groups is 2. The number of thiophene rings is 1. The summed E-state index contributed by atoms with van der Waals surface area (Å²) in [7, 11) is 0. The Balaban J connectivity index is 1.68. The van der Waals surface area contributed by atoms with Crippen LogP contribution in [0.1, 0.15) is 28.1 Å². The second-order valence-corrected chi connectivity index (χ2v) is 6.39. The van der Waals surface area contributed by atoms with Gasteiger partial charge in [0.25, 0.3) is 5.91 Å². The first-order valence-electron chi connectivity index (χ1n) is 6.52. The van der Waals surface area contributed by atoms with E-state index in [9.17, 15) is 9.59 Å². The van der Waals surface area contributed by atoms with Gasteiger partial charge >= 0.3 is 0 Å². The minimum Gasteiger partial charge on any atom is -0.273 e. The van der Waals surface area contributed by atoms with Crippen molar-refractivity contribution in [3.05, 3.63) is 56.7 Å². The van der Waals surface area contributed by atoms with Crippen molar-refractivity contribution in [3.63, 3.8) is 0 Å². The molecule has 2 rings (SSSR count). The Labute approximate surface area is 135 Å². The molecule has 2 amide bonds. The third kappa shape index (κ3) is 5.32. The molecular formula is C15H15BrN2O2S. The number of aryl methyl sites for hydroxylation is 1. The van der Waals surface area contributed by atoms with Crippen LogP contribution < -0.4 is 10.9 Å². The molecule has 4 nitrogen and oxygen atoms in total. The van der Waals surface area contributed by atoms with Crippen LogP contribution in [-0.2, 0) is 11.2 Å². The Morgan fingerprint density at radius 3 is 2.52 bits per heavy atom. The van der Waals surface area contributed by atoms with Crippen molar-refractivity contribution in [1.82, 2.24) is 10.9 Å². The molecule has 21 heavy (non-hydrogen) atoms. The van der Waals surface area contributed by atoms with Crippen molar-refractivity contribution in [2.75, 3.05) is 0 Å². The first kappa shape index (κ1) is 15.7. The molecule has 0 aliphatic heterocycles. The molecule has 6 heteroatoms. The molecule has 0 radical (unpaired) electrons. The maximum Gasteiger partial charge on any atom is 0.269 e. The maximum atomic E-state index is 11.8. The summed E-state index contributed by atoms with van der Waals surface area (Å²) in [4.78, 5) is 24.7. The van der Waals surface area contributed by atoms with Crippen molar-refractivity contribution in [2.24, 2.45) is 0 Å². The Morgan fingerprint density at radius 1 is 1.10 bits per heavy atom. The zero-order valence-corrected chi connectivity index (χ0v) is 13.7. The molecular weight excluding hydrogens is 352 g/mol. The summed E-state index contributed by atoms with van der Waals surface area (Å²) < 4.78 is 0.900. The van der Waals surface area contributed by atoms with E-state index < -0.39 is 0 Å². The molecule has 2 N–H and O–H groups in total. The van der Waals surface area contributed by atoms with Crippen LogP contribution in [0, 0.1) is 0 Å². The van der Waals surface area contributed by atoms with Gasteiger partial charge in [-0.15, -0.1) is 11.3 Å². The van der Waals surface area contributed by atoms with Crippen molar-refractivity contribution >= 4 is 39.1 Å². The number of hydrogen-bond donors (Lipinski definition) is 2. The zero-order valence-electron chi connectivity index (χ0n) is 11.3. The predicted molar refractivity (Wildman–Crippen MR) is 87.0 cm³/mol. The molecule has 0 aliphatic rings. The quantitative estimate of drug-likeness (QED) is 0.797. The monoisotopic (exact) mass is 366 g/mol. The van der Waals surface area contributed by atoms with Crippen molar-refractivity contribution < 1.29 is 9.59 Å². The molecule has 2 aromatic rings. The minimum atomic E-state index is -0.325. The van der Waals surface area contributed by atoms with E-state index in [0.717, 1.165) is 17.3 Å². The SMILES string of the molecule is O=C(CCCc1cccs1)NNC(=O)c1ccc(Br)cc1. The van der Waals surface area contributed by atoms with E-state index in [1.54, 1.807) is 35.6 Å². The van der Waals surface area contributed by atoms with Crippen LogP contribution >= 0.6 is 27.3 Å². The molecule has 1 heterocycles. The summed E-state index contributed by atoms with van der Waals surface area (Å²) in [5.41, 5.74) is 5.34. The van der Waals surface area contributed by atoms with Gasteiger partial charge in [0, 0.05) is 21.3 Å². The highest BCUT2D eigenvalue weighted by Gasteiger charge is 2.07. The lowest BCUT2D eigenvalue weighted by molar-refractivity contribution is -0.121. The highest BCUT2D eigenvalue weighted by atomic mass is 79.9. The summed E-state index contributed by atoms with van der Waals surface area (Å²) in [6, 6.07) is 11.0. The molecule has 1 aromatic heterocycles. The molecule has 0 saturated carbocycles. The maximum absolute atomic E-state index is 11.8. The standard InChI is InChI=1S/C15H15BrN2O2S/c16-12-8-6-11(7-9-12)15(20)18-17-14(19)5-1-3-13-4-2-10-21-13/h2,4,6-10H,1,3,5H2,(H,17,19)(H,18,20). The van der Waals surface area contributed by atoms with Gasteiger partial charge in [0.05, 0.1) is 0 Å². The molecule has 110 valence electrons. The van der Waals surface area contributed by atoms with Crippen molar-refractivity contribution in [1.29, 1.82) is 0 Å². The lowest BCUT2D eigenvalue weighted by Crippen LogP contribution is -2.41. The molecule has 0 aliphatic carbocycles. The van der Waals surface area contributed by atoms with Gasteiger partial charge in [-0.05, 0) is 48.6 Å². The van der Waals surface area contributed by atoms with Gasteiger partial charge in [0.2, 0.25) is 5.91 Å². The topological polar surface area (TPSA) is 58.2 Å². The number of benzene rings is 1. The van der Waals surface area contributed by atoms with E-state index >= 15 is 0 Å². The first-order chi connectivity index (χ1) is 10.1. The van der Waals surface area contributed by atoms with E-state index in [1.807, 2.05) is 11.4 Å². The fourth-order valence-electron chi connectivity index (χ4n) is 1.74. The van der Waals surface area contributed by atoms with Crippen LogP contribution in [0.15, 0.2) is 46.3 Å². The third-order valence-electron chi connectivity index (χ3n) is 2.83. The number of hydrazine groups is 1. The number of carbonyl (C=O) groups excluding carboxylic acids is 2. The first-order valence-corrected chi connectivity index (χ1v) is 8.19. The summed E-state index contributed by atoms with van der Waals surface area (Å²) in [5, 5.41) is 2.02. The Morgan fingerprint density at radius 2 is 1.86 bits per heavy atom. The second kappa shape index (κ2) is 7.95. The Hall–Kier alpha value is -1.66. The lowest BCUT2D eigenvalue weighted by Gasteiger charge is -2.07. The van der Waals surface area contributed by atoms with Crippen LogP contribution in [-0.4, -0.2) is 11.8 Å². The third-order valence-corrected chi connectivity index (χ3v) is 4.29. The largest absolute Gasteiger partial charge is 0.273 e. The number of halogens is 1. The summed E-state index contributed by atoms with van der Waals surface area (Å²) in [6.07, 6.45) is 2.03. The zero-order chi connectivity index (χ0) is 15.1. The van der Waals surface area contributed by atoms with Crippen LogP contribution in [0.25, 0.3) is 0 Å². The fraction of sp³-hybridized carbons (Fsp3) is 0.200. The van der Waals surface area contributed by atoms with Gasteiger partial charge in [-0.3, -0.25) is 20.4 Å². The minimum absolute atomic E-state index is 0.183. The number of hydrogen-bond acceptors (Lipinski definition) is 3. The van der Waals surface area contributed by atoms with Gasteiger partial charge in [-0.2, -0.15) is 0 Å². The van der Waals surface area contributed by atoms with Crippen LogP contribution in [0.2, 0.25) is 0 Å². The van der Waals surface area contributed by atoms with Crippen LogP contribution in [0.3, 0.4) is 0 Å². The van der Waals surface area contributed by atoms with Crippen molar-refractivity contribution in [2.45, 2.75) is 19.3 Å². The van der Waals surface area contributed by atoms with E-state index in [0.29, 0.717) is 12.0 Å². The number of nitrogens with one attached hydrogen (secondary N) is 2. The van der Waals surface area contributed by atoms with E-state index in [-0.39, 0.29) is 11.8 Å². The summed E-state index contributed by atoms with van der Waals surface area (Å²) in [6.45, 7) is 0. The van der Waals surface area contributed by atoms with Gasteiger partial charge in [-0.1, -0.05) is 22.0 Å². The lowest BCUT2D eigenvalue weighted by atomic mass is 10.2. The Kier molecular flexibility index (Phi) is 5.95. The number of amides is 2. The molecule has 0 saturated heterocycles. The van der Waals surface area contributed by atoms with Gasteiger partial charge in [-0.25, -0.2) is 0 Å². The van der Waals surface area contributed by atoms with E-state index in [4.69, 9.17) is 0 Å². The Bertz CT molecular complexity index is 597. The van der Waals surface area contributed by atoms with Crippen molar-refractivity contribution in [3.8, 4) is 0 Å². The average Bonchev–Trinajstić information content (AvgIpc) is 2.99. The van der Waals surface area contributed by atoms with Gasteiger partial charge in [0.1, 0.15) is 0 Å². The normalized spacial score (nSPS) is 10.1. The second-order valence-electron chi connectivity index (χ2n) is 4.44. The summed E-state index contributed by atoms with van der Waals surface area (Å²) >= 11 is 4.99. The van der Waals surface area contributed by atoms with Crippen LogP contribution in [0.5, 0.6) is 0 Å². The number of rotatable bonds is 5. The molecule has 0 fully saturated rings. The highest BCUT2D eigenvalue weighted by molar-refractivity contribution is 9.10. The summed E-state index contributed by atoms with van der Waals surface area (Å²) in [5.74, 6) is -0.508. The van der Waals surface area contributed by atoms with E-state index in [2.05, 4.69) is 32.8 Å². The molecule has 1 aromatic carbocycles. The average molecular weight is 367 g/mol. The van der Waals surface area contributed by atoms with Gasteiger partial charge in [0.15, 0.2) is 0 Å². The molecule has 0 unspecified atom stereocenters.